The van der Waals surface area contributed by atoms with Crippen molar-refractivity contribution < 1.29 is 4.79 Å². The molecule has 4 bridgehead atoms. The lowest BCUT2D eigenvalue weighted by Gasteiger charge is -2.59. The minimum Gasteiger partial charge on any atom is -0.335 e. The van der Waals surface area contributed by atoms with Gasteiger partial charge in [0.2, 0.25) is 0 Å². The van der Waals surface area contributed by atoms with E-state index in [2.05, 4.69) is 17.6 Å². The van der Waals surface area contributed by atoms with Crippen LogP contribution in [0.2, 0.25) is 0 Å². The number of carbonyl (C=O) groups excluding carboxylic acids is 1. The van der Waals surface area contributed by atoms with Crippen molar-refractivity contribution in [1.29, 1.82) is 0 Å². The highest BCUT2D eigenvalue weighted by molar-refractivity contribution is 5.89. The first-order valence-electron chi connectivity index (χ1n) is 8.75. The summed E-state index contributed by atoms with van der Waals surface area (Å²) in [5.41, 5.74) is 1.22. The van der Waals surface area contributed by atoms with Crippen LogP contribution in [0.5, 0.6) is 0 Å². The van der Waals surface area contributed by atoms with Gasteiger partial charge in [0.15, 0.2) is 0 Å². The molecule has 1 aromatic carbocycles. The average molecular weight is 298 g/mol. The van der Waals surface area contributed by atoms with Crippen LogP contribution in [0, 0.1) is 23.2 Å². The minimum absolute atomic E-state index is 0.0607. The van der Waals surface area contributed by atoms with Crippen LogP contribution in [0.25, 0.3) is 0 Å². The molecule has 1 atom stereocenters. The Balaban J connectivity index is 1.41. The molecule has 2 amide bonds. The number of amides is 2. The third-order valence-corrected chi connectivity index (χ3v) is 6.38. The largest absolute Gasteiger partial charge is 0.335 e. The lowest BCUT2D eigenvalue weighted by atomic mass is 9.48. The van der Waals surface area contributed by atoms with E-state index < -0.39 is 0 Å². The Labute approximate surface area is 132 Å². The van der Waals surface area contributed by atoms with Gasteiger partial charge < -0.3 is 10.6 Å². The molecular weight excluding hydrogens is 272 g/mol. The van der Waals surface area contributed by atoms with Gasteiger partial charge in [-0.05, 0) is 80.8 Å². The zero-order valence-electron chi connectivity index (χ0n) is 13.3. The predicted molar refractivity (Wildman–Crippen MR) is 88.7 cm³/mol. The molecule has 4 saturated carbocycles. The summed E-state index contributed by atoms with van der Waals surface area (Å²) < 4.78 is 0. The zero-order valence-corrected chi connectivity index (χ0v) is 13.3. The summed E-state index contributed by atoms with van der Waals surface area (Å²) in [6, 6.07) is 9.90. The van der Waals surface area contributed by atoms with Crippen molar-refractivity contribution in [2.24, 2.45) is 23.2 Å². The molecule has 0 heterocycles. The normalized spacial score (nSPS) is 36.9. The van der Waals surface area contributed by atoms with E-state index >= 15 is 0 Å². The van der Waals surface area contributed by atoms with E-state index in [1.165, 1.54) is 38.5 Å². The van der Waals surface area contributed by atoms with Crippen molar-refractivity contribution in [1.82, 2.24) is 5.32 Å². The van der Waals surface area contributed by atoms with Gasteiger partial charge in [0.1, 0.15) is 0 Å². The maximum Gasteiger partial charge on any atom is 0.319 e. The van der Waals surface area contributed by atoms with Crippen molar-refractivity contribution in [3.8, 4) is 0 Å². The number of carbonyl (C=O) groups is 1. The Morgan fingerprint density at radius 2 is 1.59 bits per heavy atom. The van der Waals surface area contributed by atoms with Crippen molar-refractivity contribution in [3.05, 3.63) is 30.3 Å². The van der Waals surface area contributed by atoms with E-state index in [4.69, 9.17) is 0 Å². The lowest BCUT2D eigenvalue weighted by Crippen LogP contribution is -2.56. The van der Waals surface area contributed by atoms with Crippen molar-refractivity contribution in [3.63, 3.8) is 0 Å². The molecule has 2 N–H and O–H groups in total. The number of rotatable bonds is 3. The molecule has 0 saturated heterocycles. The molecule has 3 nitrogen and oxygen atoms in total. The minimum atomic E-state index is -0.0607. The van der Waals surface area contributed by atoms with Crippen LogP contribution < -0.4 is 10.6 Å². The second kappa shape index (κ2) is 5.29. The van der Waals surface area contributed by atoms with E-state index in [-0.39, 0.29) is 12.1 Å². The van der Waals surface area contributed by atoms with E-state index in [1.807, 2.05) is 30.3 Å². The predicted octanol–water partition coefficient (Wildman–Crippen LogP) is 4.41. The first-order valence-corrected chi connectivity index (χ1v) is 8.75. The number of para-hydroxylation sites is 1. The smallest absolute Gasteiger partial charge is 0.319 e. The fourth-order valence-corrected chi connectivity index (χ4v) is 5.75. The van der Waals surface area contributed by atoms with Gasteiger partial charge in [-0.3, -0.25) is 0 Å². The first kappa shape index (κ1) is 14.1. The fourth-order valence-electron chi connectivity index (χ4n) is 5.75. The van der Waals surface area contributed by atoms with Gasteiger partial charge in [0.05, 0.1) is 0 Å². The number of hydrogen-bond acceptors (Lipinski definition) is 1. The lowest BCUT2D eigenvalue weighted by molar-refractivity contribution is -0.0679. The Morgan fingerprint density at radius 3 is 2.14 bits per heavy atom. The van der Waals surface area contributed by atoms with Crippen LogP contribution in [0.1, 0.15) is 45.4 Å². The summed E-state index contributed by atoms with van der Waals surface area (Å²) in [5.74, 6) is 2.77. The molecule has 0 unspecified atom stereocenters. The summed E-state index contributed by atoms with van der Waals surface area (Å²) in [5, 5.41) is 6.19. The standard InChI is InChI=1S/C19H26N2O/c1-13(20-18(22)21-17-5-3-2-4-6-17)19-10-14-7-15(11-19)9-16(8-14)12-19/h2-6,13-16H,7-12H2,1H3,(H2,20,21,22)/t13-,14?,15?,16?,19?/m0/s1. The maximum absolute atomic E-state index is 12.3. The highest BCUT2D eigenvalue weighted by Crippen LogP contribution is 2.61. The van der Waals surface area contributed by atoms with Crippen molar-refractivity contribution in [2.45, 2.75) is 51.5 Å². The molecule has 5 rings (SSSR count). The Kier molecular flexibility index (Phi) is 3.39. The molecule has 4 aliphatic carbocycles. The Hall–Kier alpha value is -1.51. The average Bonchev–Trinajstić information content (AvgIpc) is 2.46. The van der Waals surface area contributed by atoms with Gasteiger partial charge in [-0.1, -0.05) is 18.2 Å². The maximum atomic E-state index is 12.3. The van der Waals surface area contributed by atoms with E-state index in [0.717, 1.165) is 23.4 Å². The number of urea groups is 1. The van der Waals surface area contributed by atoms with Crippen molar-refractivity contribution in [2.75, 3.05) is 5.32 Å². The monoisotopic (exact) mass is 298 g/mol. The highest BCUT2D eigenvalue weighted by Gasteiger charge is 2.53. The summed E-state index contributed by atoms with van der Waals surface area (Å²) >= 11 is 0. The van der Waals surface area contributed by atoms with Gasteiger partial charge in [-0.2, -0.15) is 0 Å². The zero-order chi connectivity index (χ0) is 15.2. The van der Waals surface area contributed by atoms with Crippen LogP contribution in [0.4, 0.5) is 10.5 Å². The summed E-state index contributed by atoms with van der Waals surface area (Å²) in [7, 11) is 0. The first-order chi connectivity index (χ1) is 10.6. The molecule has 4 fully saturated rings. The summed E-state index contributed by atoms with van der Waals surface area (Å²) in [4.78, 5) is 12.3. The van der Waals surface area contributed by atoms with Gasteiger partial charge in [0, 0.05) is 11.7 Å². The van der Waals surface area contributed by atoms with Gasteiger partial charge in [-0.25, -0.2) is 4.79 Å². The van der Waals surface area contributed by atoms with Crippen LogP contribution >= 0.6 is 0 Å². The van der Waals surface area contributed by atoms with Crippen molar-refractivity contribution >= 4 is 11.7 Å². The molecule has 22 heavy (non-hydrogen) atoms. The van der Waals surface area contributed by atoms with Crippen LogP contribution in [-0.2, 0) is 0 Å². The molecule has 3 heteroatoms. The molecule has 4 aliphatic rings. The fraction of sp³-hybridized carbons (Fsp3) is 0.632. The Morgan fingerprint density at radius 1 is 1.05 bits per heavy atom. The molecule has 0 spiro atoms. The third kappa shape index (κ3) is 2.51. The van der Waals surface area contributed by atoms with Crippen LogP contribution in [0.15, 0.2) is 30.3 Å². The number of benzene rings is 1. The second-order valence-corrected chi connectivity index (χ2v) is 7.97. The molecular formula is C19H26N2O. The van der Waals surface area contributed by atoms with Gasteiger partial charge in [-0.15, -0.1) is 0 Å². The van der Waals surface area contributed by atoms with Crippen LogP contribution in [-0.4, -0.2) is 12.1 Å². The number of nitrogens with one attached hydrogen (secondary N) is 2. The SMILES string of the molecule is C[C@H](NC(=O)Nc1ccccc1)C12CC3CC(CC(C3)C1)C2. The quantitative estimate of drug-likeness (QED) is 0.852. The second-order valence-electron chi connectivity index (χ2n) is 7.97. The molecule has 0 aromatic heterocycles. The molecule has 118 valence electrons. The van der Waals surface area contributed by atoms with E-state index in [9.17, 15) is 4.79 Å². The van der Waals surface area contributed by atoms with E-state index in [1.54, 1.807) is 0 Å². The highest BCUT2D eigenvalue weighted by atomic mass is 16.2. The summed E-state index contributed by atoms with van der Waals surface area (Å²) in [6.45, 7) is 2.22. The Bertz CT molecular complexity index is 519. The topological polar surface area (TPSA) is 41.1 Å². The summed E-state index contributed by atoms with van der Waals surface area (Å²) in [6.07, 6.45) is 8.32. The molecule has 0 radical (unpaired) electrons. The molecule has 0 aliphatic heterocycles. The molecule has 1 aromatic rings. The number of anilines is 1. The van der Waals surface area contributed by atoms with E-state index in [0.29, 0.717) is 5.41 Å². The van der Waals surface area contributed by atoms with Crippen LogP contribution in [0.3, 0.4) is 0 Å². The van der Waals surface area contributed by atoms with Gasteiger partial charge >= 0.3 is 6.03 Å². The third-order valence-electron chi connectivity index (χ3n) is 6.38. The van der Waals surface area contributed by atoms with Gasteiger partial charge in [0.25, 0.3) is 0 Å². The number of hydrogen-bond donors (Lipinski definition) is 2.